The quantitative estimate of drug-likeness (QED) is 0.333. The summed E-state index contributed by atoms with van der Waals surface area (Å²) in [4.78, 5) is 9.40. The van der Waals surface area contributed by atoms with Crippen molar-refractivity contribution in [1.82, 2.24) is 14.9 Å². The van der Waals surface area contributed by atoms with Gasteiger partial charge < -0.3 is 24.4 Å². The standard InChI is InChI=1S/C31H33N5OS/c1-21-22(2)35(25-9-5-4-6-10-25)23(3)28(21)30-29(27-11-7-8-16-32-27)33-31(38)36(30)26-14-12-24(13-15-26)34-17-19-37-20-18-34/h4-16,29-30H,17-20H2,1-3H3,(H,33,38)/t29-,30-/m1/s1. The number of aromatic nitrogens is 2. The average Bonchev–Trinajstić information content (AvgIpc) is 3.41. The van der Waals surface area contributed by atoms with Gasteiger partial charge in [-0.25, -0.2) is 0 Å². The van der Waals surface area contributed by atoms with E-state index in [1.807, 2.05) is 18.3 Å². The van der Waals surface area contributed by atoms with Gasteiger partial charge in [0.25, 0.3) is 0 Å². The van der Waals surface area contributed by atoms with Gasteiger partial charge in [0.15, 0.2) is 5.11 Å². The van der Waals surface area contributed by atoms with Gasteiger partial charge in [0.1, 0.15) is 0 Å². The van der Waals surface area contributed by atoms with Crippen LogP contribution in [0.15, 0.2) is 79.0 Å². The number of nitrogens with one attached hydrogen (secondary N) is 1. The fourth-order valence-corrected chi connectivity index (χ4v) is 6.32. The predicted octanol–water partition coefficient (Wildman–Crippen LogP) is 5.81. The van der Waals surface area contributed by atoms with Crippen molar-refractivity contribution in [2.45, 2.75) is 32.9 Å². The Bertz CT molecular complexity index is 1430. The lowest BCUT2D eigenvalue weighted by molar-refractivity contribution is 0.122. The molecular weight excluding hydrogens is 490 g/mol. The molecule has 2 fully saturated rings. The molecule has 0 bridgehead atoms. The van der Waals surface area contributed by atoms with E-state index in [0.29, 0.717) is 5.11 Å². The lowest BCUT2D eigenvalue weighted by Gasteiger charge is -2.31. The molecule has 2 aliphatic heterocycles. The van der Waals surface area contributed by atoms with Crippen LogP contribution in [0, 0.1) is 20.8 Å². The Morgan fingerprint density at radius 3 is 2.18 bits per heavy atom. The van der Waals surface area contributed by atoms with Gasteiger partial charge in [-0.2, -0.15) is 0 Å². The zero-order valence-electron chi connectivity index (χ0n) is 22.1. The van der Waals surface area contributed by atoms with Gasteiger partial charge in [0.2, 0.25) is 0 Å². The third kappa shape index (κ3) is 4.25. The summed E-state index contributed by atoms with van der Waals surface area (Å²) in [6.07, 6.45) is 1.86. The van der Waals surface area contributed by atoms with Gasteiger partial charge in [-0.1, -0.05) is 24.3 Å². The van der Waals surface area contributed by atoms with E-state index in [-0.39, 0.29) is 12.1 Å². The van der Waals surface area contributed by atoms with Crippen molar-refractivity contribution in [2.24, 2.45) is 0 Å². The van der Waals surface area contributed by atoms with Crippen LogP contribution in [0.5, 0.6) is 0 Å². The maximum Gasteiger partial charge on any atom is 0.174 e. The summed E-state index contributed by atoms with van der Waals surface area (Å²) in [6.45, 7) is 10.0. The van der Waals surface area contributed by atoms with E-state index in [9.17, 15) is 0 Å². The number of thiocarbonyl (C=S) groups is 1. The second-order valence-electron chi connectivity index (χ2n) is 9.99. The van der Waals surface area contributed by atoms with E-state index in [0.717, 1.165) is 37.7 Å². The molecule has 4 aromatic rings. The number of morpholine rings is 1. The molecule has 38 heavy (non-hydrogen) atoms. The van der Waals surface area contributed by atoms with Crippen LogP contribution in [0.2, 0.25) is 0 Å². The SMILES string of the molecule is Cc1c([C@@H]2[C@@H](c3ccccn3)NC(=S)N2c2ccc(N3CCOCC3)cc2)c(C)n(-c2ccccc2)c1C. The second-order valence-corrected chi connectivity index (χ2v) is 10.4. The van der Waals surface area contributed by atoms with E-state index in [1.54, 1.807) is 0 Å². The molecule has 0 unspecified atom stereocenters. The molecular formula is C31H33N5OS. The Morgan fingerprint density at radius 2 is 1.50 bits per heavy atom. The van der Waals surface area contributed by atoms with E-state index in [2.05, 4.69) is 101 Å². The highest BCUT2D eigenvalue weighted by Gasteiger charge is 2.43. The number of benzene rings is 2. The van der Waals surface area contributed by atoms with Crippen LogP contribution in [-0.2, 0) is 4.74 Å². The maximum atomic E-state index is 6.01. The number of ether oxygens (including phenoxy) is 1. The summed E-state index contributed by atoms with van der Waals surface area (Å²) >= 11 is 6.01. The van der Waals surface area contributed by atoms with Crippen molar-refractivity contribution >= 4 is 28.7 Å². The zero-order valence-corrected chi connectivity index (χ0v) is 22.9. The van der Waals surface area contributed by atoms with Gasteiger partial charge in [0, 0.05) is 53.3 Å². The zero-order chi connectivity index (χ0) is 26.2. The smallest absolute Gasteiger partial charge is 0.174 e. The molecule has 0 radical (unpaired) electrons. The number of hydrogen-bond acceptors (Lipinski definition) is 4. The number of para-hydroxylation sites is 1. The fourth-order valence-electron chi connectivity index (χ4n) is 5.98. The van der Waals surface area contributed by atoms with Gasteiger partial charge in [-0.3, -0.25) is 4.98 Å². The first-order valence-corrected chi connectivity index (χ1v) is 13.6. The summed E-state index contributed by atoms with van der Waals surface area (Å²) in [7, 11) is 0. The van der Waals surface area contributed by atoms with Crippen molar-refractivity contribution in [2.75, 3.05) is 36.1 Å². The van der Waals surface area contributed by atoms with E-state index in [1.165, 1.54) is 33.9 Å². The lowest BCUT2D eigenvalue weighted by Crippen LogP contribution is -2.36. The predicted molar refractivity (Wildman–Crippen MR) is 157 cm³/mol. The van der Waals surface area contributed by atoms with Gasteiger partial charge >= 0.3 is 0 Å². The molecule has 6 rings (SSSR count). The number of hydrogen-bond donors (Lipinski definition) is 1. The summed E-state index contributed by atoms with van der Waals surface area (Å²) in [5, 5.41) is 4.34. The van der Waals surface area contributed by atoms with Crippen LogP contribution in [0.1, 0.15) is 40.3 Å². The maximum absolute atomic E-state index is 6.01. The normalized spacial score (nSPS) is 19.6. The highest BCUT2D eigenvalue weighted by molar-refractivity contribution is 7.80. The highest BCUT2D eigenvalue weighted by atomic mass is 32.1. The van der Waals surface area contributed by atoms with Gasteiger partial charge in [-0.15, -0.1) is 0 Å². The van der Waals surface area contributed by atoms with Gasteiger partial charge in [0.05, 0.1) is 31.0 Å². The van der Waals surface area contributed by atoms with E-state index in [4.69, 9.17) is 21.9 Å². The van der Waals surface area contributed by atoms with Crippen LogP contribution >= 0.6 is 12.2 Å². The third-order valence-corrected chi connectivity index (χ3v) is 8.23. The third-order valence-electron chi connectivity index (χ3n) is 7.92. The molecule has 0 aliphatic carbocycles. The molecule has 0 amide bonds. The summed E-state index contributed by atoms with van der Waals surface area (Å²) in [5.74, 6) is 0. The van der Waals surface area contributed by atoms with Crippen LogP contribution in [0.25, 0.3) is 5.69 Å². The number of nitrogens with zero attached hydrogens (tertiary/aromatic N) is 4. The molecule has 6 nitrogen and oxygen atoms in total. The topological polar surface area (TPSA) is 45.6 Å². The second kappa shape index (κ2) is 10.2. The fraction of sp³-hybridized carbons (Fsp3) is 0.290. The lowest BCUT2D eigenvalue weighted by atomic mass is 9.93. The first-order valence-electron chi connectivity index (χ1n) is 13.2. The first-order chi connectivity index (χ1) is 18.5. The molecule has 2 aromatic carbocycles. The van der Waals surface area contributed by atoms with Crippen molar-refractivity contribution in [3.63, 3.8) is 0 Å². The van der Waals surface area contributed by atoms with Crippen LogP contribution in [0.4, 0.5) is 11.4 Å². The van der Waals surface area contributed by atoms with E-state index >= 15 is 0 Å². The molecule has 194 valence electrons. The van der Waals surface area contributed by atoms with Crippen molar-refractivity contribution in [1.29, 1.82) is 0 Å². The van der Waals surface area contributed by atoms with E-state index < -0.39 is 0 Å². The molecule has 1 N–H and O–H groups in total. The molecule has 2 aromatic heterocycles. The molecule has 2 atom stereocenters. The Kier molecular flexibility index (Phi) is 6.64. The Morgan fingerprint density at radius 1 is 0.816 bits per heavy atom. The van der Waals surface area contributed by atoms with Crippen molar-refractivity contribution in [3.8, 4) is 5.69 Å². The number of pyridine rings is 1. The Balaban J connectivity index is 1.46. The molecule has 0 spiro atoms. The van der Waals surface area contributed by atoms with Crippen LogP contribution in [0.3, 0.4) is 0 Å². The minimum absolute atomic E-state index is 0.0460. The molecule has 4 heterocycles. The minimum Gasteiger partial charge on any atom is -0.378 e. The van der Waals surface area contributed by atoms with Gasteiger partial charge in [-0.05, 0) is 87.1 Å². The number of rotatable bonds is 5. The minimum atomic E-state index is -0.0777. The molecule has 2 saturated heterocycles. The summed E-state index contributed by atoms with van der Waals surface area (Å²) < 4.78 is 7.90. The largest absolute Gasteiger partial charge is 0.378 e. The monoisotopic (exact) mass is 523 g/mol. The first kappa shape index (κ1) is 24.6. The van der Waals surface area contributed by atoms with Crippen LogP contribution in [-0.4, -0.2) is 41.0 Å². The van der Waals surface area contributed by atoms with Crippen molar-refractivity contribution in [3.05, 3.63) is 107 Å². The Hall–Kier alpha value is -3.68. The summed E-state index contributed by atoms with van der Waals surface area (Å²) in [5.41, 5.74) is 9.46. The molecule has 7 heteroatoms. The van der Waals surface area contributed by atoms with Crippen molar-refractivity contribution < 1.29 is 4.74 Å². The number of anilines is 2. The molecule has 2 aliphatic rings. The van der Waals surface area contributed by atoms with Crippen LogP contribution < -0.4 is 15.1 Å². The average molecular weight is 524 g/mol. The highest BCUT2D eigenvalue weighted by Crippen LogP contribution is 2.45. The summed E-state index contributed by atoms with van der Waals surface area (Å²) in [6, 6.07) is 25.3. The Labute approximate surface area is 229 Å². The molecule has 0 saturated carbocycles.